The monoisotopic (exact) mass is 259 g/mol. The topological polar surface area (TPSA) is 86.8 Å². The molecule has 2 N–H and O–H groups in total. The largest absolute Gasteiger partial charge is 0.481 e. The lowest BCUT2D eigenvalue weighted by Crippen LogP contribution is -2.15. The molecule has 6 nitrogen and oxygen atoms in total. The number of hydrogen-bond acceptors (Lipinski definition) is 6. The van der Waals surface area contributed by atoms with E-state index in [1.807, 2.05) is 0 Å². The van der Waals surface area contributed by atoms with Gasteiger partial charge in [0, 0.05) is 17.5 Å². The van der Waals surface area contributed by atoms with Crippen LogP contribution in [0.15, 0.2) is 18.5 Å². The van der Waals surface area contributed by atoms with Gasteiger partial charge < -0.3 is 10.5 Å². The molecule has 0 aliphatic rings. The number of rotatable bonds is 2. The van der Waals surface area contributed by atoms with Gasteiger partial charge in [-0.2, -0.15) is 0 Å². The molecular formula is C13H17N5O. The highest BCUT2D eigenvalue weighted by Crippen LogP contribution is 2.24. The number of nitrogen functional groups attached to an aromatic ring is 1. The van der Waals surface area contributed by atoms with Gasteiger partial charge in [-0.15, -0.1) is 0 Å². The molecule has 0 fully saturated rings. The van der Waals surface area contributed by atoms with Gasteiger partial charge in [-0.3, -0.25) is 0 Å². The van der Waals surface area contributed by atoms with E-state index < -0.39 is 0 Å². The highest BCUT2D eigenvalue weighted by Gasteiger charge is 2.18. The number of nitrogens with two attached hydrogens (primary N) is 1. The van der Waals surface area contributed by atoms with E-state index in [0.29, 0.717) is 23.2 Å². The molecule has 2 aromatic heterocycles. The van der Waals surface area contributed by atoms with Crippen molar-refractivity contribution in [3.05, 3.63) is 24.2 Å². The molecule has 0 radical (unpaired) electrons. The van der Waals surface area contributed by atoms with E-state index in [1.54, 1.807) is 19.2 Å². The molecule has 0 aliphatic carbocycles. The van der Waals surface area contributed by atoms with Gasteiger partial charge in [-0.05, 0) is 0 Å². The first-order valence-electron chi connectivity index (χ1n) is 5.91. The molecule has 0 amide bonds. The van der Waals surface area contributed by atoms with Gasteiger partial charge >= 0.3 is 0 Å². The zero-order valence-electron chi connectivity index (χ0n) is 11.5. The maximum atomic E-state index is 5.84. The van der Waals surface area contributed by atoms with Crippen LogP contribution in [0.4, 0.5) is 5.82 Å². The van der Waals surface area contributed by atoms with Crippen molar-refractivity contribution in [1.29, 1.82) is 0 Å². The Labute approximate surface area is 112 Å². The molecule has 0 saturated heterocycles. The summed E-state index contributed by atoms with van der Waals surface area (Å²) in [6, 6.07) is 3.46. The lowest BCUT2D eigenvalue weighted by molar-refractivity contribution is 0.397. The second-order valence-electron chi connectivity index (χ2n) is 5.20. The zero-order chi connectivity index (χ0) is 14.0. The summed E-state index contributed by atoms with van der Waals surface area (Å²) in [7, 11) is 1.55. The Morgan fingerprint density at radius 2 is 1.84 bits per heavy atom. The van der Waals surface area contributed by atoms with Gasteiger partial charge in [0.1, 0.15) is 17.8 Å². The summed E-state index contributed by atoms with van der Waals surface area (Å²) in [4.78, 5) is 16.8. The van der Waals surface area contributed by atoms with Gasteiger partial charge in [0.15, 0.2) is 5.82 Å². The fraction of sp³-hybridized carbons (Fsp3) is 0.385. The van der Waals surface area contributed by atoms with Gasteiger partial charge in [-0.1, -0.05) is 20.8 Å². The molecule has 2 heterocycles. The fourth-order valence-electron chi connectivity index (χ4n) is 1.54. The third-order valence-electron chi connectivity index (χ3n) is 2.59. The van der Waals surface area contributed by atoms with Gasteiger partial charge in [0.2, 0.25) is 5.88 Å². The smallest absolute Gasteiger partial charge is 0.216 e. The predicted octanol–water partition coefficient (Wildman–Crippen LogP) is 1.82. The molecule has 0 atom stereocenters. The molecule has 19 heavy (non-hydrogen) atoms. The van der Waals surface area contributed by atoms with E-state index in [4.69, 9.17) is 10.5 Å². The highest BCUT2D eigenvalue weighted by molar-refractivity contribution is 5.53. The third kappa shape index (κ3) is 2.96. The van der Waals surface area contributed by atoms with E-state index in [2.05, 4.69) is 40.7 Å². The van der Waals surface area contributed by atoms with E-state index in [-0.39, 0.29) is 5.41 Å². The van der Waals surface area contributed by atoms with Crippen molar-refractivity contribution in [2.45, 2.75) is 26.2 Å². The van der Waals surface area contributed by atoms with Gasteiger partial charge in [0.05, 0.1) is 12.8 Å². The average Bonchev–Trinajstić information content (AvgIpc) is 2.37. The maximum absolute atomic E-state index is 5.84. The van der Waals surface area contributed by atoms with E-state index >= 15 is 0 Å². The Morgan fingerprint density at radius 3 is 2.47 bits per heavy atom. The molecule has 100 valence electrons. The first kappa shape index (κ1) is 13.2. The van der Waals surface area contributed by atoms with E-state index in [1.165, 1.54) is 6.33 Å². The minimum atomic E-state index is -0.108. The lowest BCUT2D eigenvalue weighted by atomic mass is 9.92. The normalized spacial score (nSPS) is 11.4. The van der Waals surface area contributed by atoms with Crippen LogP contribution in [0.2, 0.25) is 0 Å². The van der Waals surface area contributed by atoms with Crippen molar-refractivity contribution in [3.8, 4) is 17.4 Å². The SMILES string of the molecule is COc1cc(-c2nc(N)cc(C(C)(C)C)n2)ncn1. The molecule has 0 spiro atoms. The molecule has 6 heteroatoms. The summed E-state index contributed by atoms with van der Waals surface area (Å²) >= 11 is 0. The van der Waals surface area contributed by atoms with Crippen LogP contribution in [0.3, 0.4) is 0 Å². The number of nitrogens with zero attached hydrogens (tertiary/aromatic N) is 4. The molecule has 0 aromatic carbocycles. The first-order chi connectivity index (χ1) is 8.90. The Kier molecular flexibility index (Phi) is 3.33. The van der Waals surface area contributed by atoms with Crippen molar-refractivity contribution in [1.82, 2.24) is 19.9 Å². The Balaban J connectivity index is 2.53. The molecule has 0 saturated carbocycles. The predicted molar refractivity (Wildman–Crippen MR) is 72.7 cm³/mol. The van der Waals surface area contributed by atoms with Crippen molar-refractivity contribution in [3.63, 3.8) is 0 Å². The standard InChI is InChI=1S/C13H17N5O/c1-13(2,3)9-6-10(14)18-12(17-9)8-5-11(19-4)16-7-15-8/h5-7H,1-4H3,(H2,14,17,18). The van der Waals surface area contributed by atoms with Crippen LogP contribution < -0.4 is 10.5 Å². The van der Waals surface area contributed by atoms with E-state index in [0.717, 1.165) is 5.69 Å². The average molecular weight is 259 g/mol. The molecule has 0 bridgehead atoms. The van der Waals surface area contributed by atoms with Crippen LogP contribution in [-0.4, -0.2) is 27.0 Å². The zero-order valence-corrected chi connectivity index (χ0v) is 11.5. The summed E-state index contributed by atoms with van der Waals surface area (Å²) < 4.78 is 5.07. The molecular weight excluding hydrogens is 242 g/mol. The maximum Gasteiger partial charge on any atom is 0.216 e. The number of ether oxygens (including phenoxy) is 1. The fourth-order valence-corrected chi connectivity index (χ4v) is 1.54. The minimum Gasteiger partial charge on any atom is -0.481 e. The van der Waals surface area contributed by atoms with Gasteiger partial charge in [-0.25, -0.2) is 19.9 Å². The summed E-state index contributed by atoms with van der Waals surface area (Å²) in [5, 5.41) is 0. The third-order valence-corrected chi connectivity index (χ3v) is 2.59. The lowest BCUT2D eigenvalue weighted by Gasteiger charge is -2.18. The summed E-state index contributed by atoms with van der Waals surface area (Å²) in [6.07, 6.45) is 1.41. The molecule has 0 unspecified atom stereocenters. The quantitative estimate of drug-likeness (QED) is 0.885. The second-order valence-corrected chi connectivity index (χ2v) is 5.20. The molecule has 2 rings (SSSR count). The van der Waals surface area contributed by atoms with Crippen molar-refractivity contribution in [2.75, 3.05) is 12.8 Å². The minimum absolute atomic E-state index is 0.108. The van der Waals surface area contributed by atoms with Crippen LogP contribution >= 0.6 is 0 Å². The number of aromatic nitrogens is 4. The van der Waals surface area contributed by atoms with Crippen molar-refractivity contribution >= 4 is 5.82 Å². The van der Waals surface area contributed by atoms with Crippen molar-refractivity contribution < 1.29 is 4.74 Å². The Morgan fingerprint density at radius 1 is 1.11 bits per heavy atom. The molecule has 0 aliphatic heterocycles. The van der Waals surface area contributed by atoms with Crippen LogP contribution in [-0.2, 0) is 5.41 Å². The number of hydrogen-bond donors (Lipinski definition) is 1. The van der Waals surface area contributed by atoms with E-state index in [9.17, 15) is 0 Å². The summed E-state index contributed by atoms with van der Waals surface area (Å²) in [6.45, 7) is 6.21. The Bertz CT molecular complexity index is 592. The van der Waals surface area contributed by atoms with Crippen LogP contribution in [0, 0.1) is 0 Å². The summed E-state index contributed by atoms with van der Waals surface area (Å²) in [5.41, 5.74) is 7.19. The summed E-state index contributed by atoms with van der Waals surface area (Å²) in [5.74, 6) is 1.37. The Hall–Kier alpha value is -2.24. The van der Waals surface area contributed by atoms with Crippen LogP contribution in [0.25, 0.3) is 11.5 Å². The second kappa shape index (κ2) is 4.79. The number of anilines is 1. The van der Waals surface area contributed by atoms with Crippen LogP contribution in [0.1, 0.15) is 26.5 Å². The number of methoxy groups -OCH3 is 1. The first-order valence-corrected chi connectivity index (χ1v) is 5.91. The highest BCUT2D eigenvalue weighted by atomic mass is 16.5. The van der Waals surface area contributed by atoms with Crippen LogP contribution in [0.5, 0.6) is 5.88 Å². The van der Waals surface area contributed by atoms with Gasteiger partial charge in [0.25, 0.3) is 0 Å². The molecule has 2 aromatic rings. The van der Waals surface area contributed by atoms with Crippen molar-refractivity contribution in [2.24, 2.45) is 0 Å².